The molecule has 1 saturated heterocycles. The van der Waals surface area contributed by atoms with E-state index in [1.54, 1.807) is 6.20 Å². The van der Waals surface area contributed by atoms with Crippen LogP contribution in [-0.4, -0.2) is 45.6 Å². The van der Waals surface area contributed by atoms with Gasteiger partial charge in [0.05, 0.1) is 11.9 Å². The number of rotatable bonds is 3. The fourth-order valence-corrected chi connectivity index (χ4v) is 2.85. The Labute approximate surface area is 126 Å². The molecule has 1 aliphatic heterocycles. The molecule has 1 N–H and O–H groups in total. The molecule has 0 aromatic carbocycles. The Bertz CT molecular complexity index is 575. The molecule has 0 spiro atoms. The summed E-state index contributed by atoms with van der Waals surface area (Å²) in [6.45, 7) is 4.35. The number of likely N-dealkylation sites (tertiary alicyclic amines) is 1. The van der Waals surface area contributed by atoms with E-state index in [4.69, 9.17) is 0 Å². The highest BCUT2D eigenvalue weighted by Gasteiger charge is 2.14. The first-order chi connectivity index (χ1) is 10.2. The molecule has 5 heteroatoms. The van der Waals surface area contributed by atoms with E-state index in [1.165, 1.54) is 25.8 Å². The summed E-state index contributed by atoms with van der Waals surface area (Å²) < 4.78 is 1.99. The molecular weight excluding hydrogens is 262 g/mol. The maximum atomic E-state index is 4.54. The molecule has 1 aliphatic rings. The fraction of sp³-hybridized carbons (Fsp3) is 0.500. The van der Waals surface area contributed by atoms with Gasteiger partial charge in [-0.05, 0) is 58.5 Å². The van der Waals surface area contributed by atoms with Gasteiger partial charge in [-0.15, -0.1) is 0 Å². The van der Waals surface area contributed by atoms with E-state index in [9.17, 15) is 0 Å². The minimum absolute atomic E-state index is 0.553. The van der Waals surface area contributed by atoms with Gasteiger partial charge in [-0.1, -0.05) is 0 Å². The summed E-state index contributed by atoms with van der Waals surface area (Å²) in [5, 5.41) is 3.61. The number of hydrogen-bond acceptors (Lipinski definition) is 4. The SMILES string of the molecule is Cc1nccn1-c1ccc(NC2CCCN(C)CC2)cn1. The van der Waals surface area contributed by atoms with Gasteiger partial charge in [0.25, 0.3) is 0 Å². The Kier molecular flexibility index (Phi) is 4.20. The molecular formula is C16H23N5. The first-order valence-electron chi connectivity index (χ1n) is 7.64. The zero-order valence-corrected chi connectivity index (χ0v) is 12.8. The summed E-state index contributed by atoms with van der Waals surface area (Å²) in [5.41, 5.74) is 1.10. The van der Waals surface area contributed by atoms with Crippen LogP contribution in [0.15, 0.2) is 30.7 Å². The van der Waals surface area contributed by atoms with E-state index < -0.39 is 0 Å². The number of hydrogen-bond donors (Lipinski definition) is 1. The van der Waals surface area contributed by atoms with Crippen molar-refractivity contribution in [2.24, 2.45) is 0 Å². The van der Waals surface area contributed by atoms with Gasteiger partial charge in [0.2, 0.25) is 0 Å². The predicted molar refractivity (Wildman–Crippen MR) is 84.9 cm³/mol. The molecule has 112 valence electrons. The molecule has 1 unspecified atom stereocenters. The highest BCUT2D eigenvalue weighted by molar-refractivity contribution is 5.44. The third kappa shape index (κ3) is 3.42. The predicted octanol–water partition coefficient (Wildman–Crippen LogP) is 2.47. The van der Waals surface area contributed by atoms with Crippen molar-refractivity contribution in [3.8, 4) is 5.82 Å². The lowest BCUT2D eigenvalue weighted by Gasteiger charge is -2.18. The van der Waals surface area contributed by atoms with E-state index in [0.29, 0.717) is 6.04 Å². The molecule has 0 amide bonds. The topological polar surface area (TPSA) is 46.0 Å². The summed E-state index contributed by atoms with van der Waals surface area (Å²) in [5.74, 6) is 1.87. The standard InChI is InChI=1S/C16H23N5/c1-13-17-8-11-21(13)16-6-5-15(12-18-16)19-14-4-3-9-20(2)10-7-14/h5-6,8,11-12,14,19H,3-4,7,9-10H2,1-2H3. The monoisotopic (exact) mass is 285 g/mol. The third-order valence-corrected chi connectivity index (χ3v) is 4.14. The minimum atomic E-state index is 0.553. The largest absolute Gasteiger partial charge is 0.381 e. The molecule has 2 aromatic heterocycles. The van der Waals surface area contributed by atoms with Crippen LogP contribution in [0.4, 0.5) is 5.69 Å². The molecule has 2 aromatic rings. The van der Waals surface area contributed by atoms with E-state index >= 15 is 0 Å². The summed E-state index contributed by atoms with van der Waals surface area (Å²) in [6, 6.07) is 4.70. The van der Waals surface area contributed by atoms with E-state index in [1.807, 2.05) is 30.0 Å². The van der Waals surface area contributed by atoms with Crippen molar-refractivity contribution in [1.29, 1.82) is 0 Å². The van der Waals surface area contributed by atoms with Crippen molar-refractivity contribution in [1.82, 2.24) is 19.4 Å². The number of aromatic nitrogens is 3. The molecule has 1 atom stereocenters. The maximum absolute atomic E-state index is 4.54. The minimum Gasteiger partial charge on any atom is -0.381 e. The fourth-order valence-electron chi connectivity index (χ4n) is 2.85. The van der Waals surface area contributed by atoms with Gasteiger partial charge in [0.1, 0.15) is 11.6 Å². The van der Waals surface area contributed by atoms with Crippen LogP contribution in [0.25, 0.3) is 5.82 Å². The van der Waals surface area contributed by atoms with Crippen LogP contribution < -0.4 is 5.32 Å². The zero-order valence-electron chi connectivity index (χ0n) is 12.8. The Hall–Kier alpha value is -1.88. The van der Waals surface area contributed by atoms with Gasteiger partial charge >= 0.3 is 0 Å². The highest BCUT2D eigenvalue weighted by Crippen LogP contribution is 2.17. The van der Waals surface area contributed by atoms with Crippen LogP contribution in [-0.2, 0) is 0 Å². The lowest BCUT2D eigenvalue weighted by molar-refractivity contribution is 0.348. The van der Waals surface area contributed by atoms with Crippen molar-refractivity contribution >= 4 is 5.69 Å². The molecule has 21 heavy (non-hydrogen) atoms. The quantitative estimate of drug-likeness (QED) is 0.941. The average Bonchev–Trinajstić information content (AvgIpc) is 2.81. The Morgan fingerprint density at radius 3 is 2.81 bits per heavy atom. The van der Waals surface area contributed by atoms with Crippen LogP contribution in [0, 0.1) is 6.92 Å². The highest BCUT2D eigenvalue weighted by atomic mass is 15.1. The van der Waals surface area contributed by atoms with E-state index in [0.717, 1.165) is 23.9 Å². The van der Waals surface area contributed by atoms with Gasteiger partial charge < -0.3 is 10.2 Å². The number of nitrogens with zero attached hydrogens (tertiary/aromatic N) is 4. The number of nitrogens with one attached hydrogen (secondary N) is 1. The molecule has 3 heterocycles. The third-order valence-electron chi connectivity index (χ3n) is 4.14. The summed E-state index contributed by atoms with van der Waals surface area (Å²) in [7, 11) is 2.20. The molecule has 0 saturated carbocycles. The Balaban J connectivity index is 1.66. The Morgan fingerprint density at radius 1 is 1.19 bits per heavy atom. The normalized spacial score (nSPS) is 20.2. The van der Waals surface area contributed by atoms with E-state index in [2.05, 4.69) is 33.3 Å². The average molecular weight is 285 g/mol. The van der Waals surface area contributed by atoms with Crippen molar-refractivity contribution in [3.63, 3.8) is 0 Å². The number of imidazole rings is 1. The smallest absolute Gasteiger partial charge is 0.138 e. The molecule has 1 fully saturated rings. The number of pyridine rings is 1. The van der Waals surface area contributed by atoms with Gasteiger partial charge in [-0.3, -0.25) is 4.57 Å². The lowest BCUT2D eigenvalue weighted by atomic mass is 10.1. The van der Waals surface area contributed by atoms with Crippen molar-refractivity contribution in [2.75, 3.05) is 25.5 Å². The van der Waals surface area contributed by atoms with Crippen molar-refractivity contribution in [3.05, 3.63) is 36.5 Å². The molecule has 3 rings (SSSR count). The Morgan fingerprint density at radius 2 is 2.10 bits per heavy atom. The summed E-state index contributed by atoms with van der Waals surface area (Å²) in [4.78, 5) is 11.2. The van der Waals surface area contributed by atoms with Gasteiger partial charge in [-0.25, -0.2) is 9.97 Å². The van der Waals surface area contributed by atoms with Crippen molar-refractivity contribution < 1.29 is 0 Å². The van der Waals surface area contributed by atoms with Gasteiger partial charge in [-0.2, -0.15) is 0 Å². The number of aryl methyl sites for hydroxylation is 1. The van der Waals surface area contributed by atoms with Gasteiger partial charge in [0, 0.05) is 18.4 Å². The van der Waals surface area contributed by atoms with Crippen LogP contribution in [0.2, 0.25) is 0 Å². The van der Waals surface area contributed by atoms with Crippen LogP contribution in [0.3, 0.4) is 0 Å². The van der Waals surface area contributed by atoms with Gasteiger partial charge in [0.15, 0.2) is 0 Å². The first-order valence-corrected chi connectivity index (χ1v) is 7.64. The first kappa shape index (κ1) is 14.1. The van der Waals surface area contributed by atoms with Crippen LogP contribution in [0.1, 0.15) is 25.1 Å². The van der Waals surface area contributed by atoms with Crippen molar-refractivity contribution in [2.45, 2.75) is 32.2 Å². The summed E-state index contributed by atoms with van der Waals surface area (Å²) >= 11 is 0. The summed E-state index contributed by atoms with van der Waals surface area (Å²) in [6.07, 6.45) is 9.33. The van der Waals surface area contributed by atoms with Crippen LogP contribution >= 0.6 is 0 Å². The molecule has 0 bridgehead atoms. The maximum Gasteiger partial charge on any atom is 0.138 e. The van der Waals surface area contributed by atoms with E-state index in [-0.39, 0.29) is 0 Å². The second kappa shape index (κ2) is 6.26. The molecule has 0 radical (unpaired) electrons. The second-order valence-electron chi connectivity index (χ2n) is 5.82. The lowest BCUT2D eigenvalue weighted by Crippen LogP contribution is -2.23. The molecule has 5 nitrogen and oxygen atoms in total. The molecule has 0 aliphatic carbocycles. The number of anilines is 1. The second-order valence-corrected chi connectivity index (χ2v) is 5.82. The van der Waals surface area contributed by atoms with Crippen LogP contribution in [0.5, 0.6) is 0 Å². The zero-order chi connectivity index (χ0) is 14.7.